The quantitative estimate of drug-likeness (QED) is 0.893. The first-order valence-electron chi connectivity index (χ1n) is 4.08. The van der Waals surface area contributed by atoms with Gasteiger partial charge in [-0.05, 0) is 15.9 Å². The molecule has 0 saturated heterocycles. The van der Waals surface area contributed by atoms with Crippen LogP contribution in [0.3, 0.4) is 0 Å². The SMILES string of the molecule is O=C(O)c1cc(Br)oc1CNC(=O)C(F)(F)F. The Morgan fingerprint density at radius 2 is 2.06 bits per heavy atom. The van der Waals surface area contributed by atoms with Gasteiger partial charge in [0.15, 0.2) is 4.67 Å². The molecule has 0 aliphatic rings. The molecule has 0 atom stereocenters. The Labute approximate surface area is 101 Å². The first-order valence-corrected chi connectivity index (χ1v) is 4.87. The normalized spacial score (nSPS) is 11.3. The van der Waals surface area contributed by atoms with Gasteiger partial charge in [0.2, 0.25) is 0 Å². The summed E-state index contributed by atoms with van der Waals surface area (Å²) in [6.07, 6.45) is -5.02. The zero-order chi connectivity index (χ0) is 13.2. The lowest BCUT2D eigenvalue weighted by Gasteiger charge is -2.06. The molecule has 0 aliphatic carbocycles. The van der Waals surface area contributed by atoms with Crippen LogP contribution < -0.4 is 5.32 Å². The summed E-state index contributed by atoms with van der Waals surface area (Å²) in [4.78, 5) is 21.1. The number of aromatic carboxylic acids is 1. The van der Waals surface area contributed by atoms with E-state index in [4.69, 9.17) is 9.52 Å². The molecule has 1 aromatic heterocycles. The maximum atomic E-state index is 11.8. The number of alkyl halides is 3. The minimum Gasteiger partial charge on any atom is -0.478 e. The lowest BCUT2D eigenvalue weighted by atomic mass is 10.2. The monoisotopic (exact) mass is 315 g/mol. The largest absolute Gasteiger partial charge is 0.478 e. The second-order valence-electron chi connectivity index (χ2n) is 2.87. The zero-order valence-electron chi connectivity index (χ0n) is 7.97. The highest BCUT2D eigenvalue weighted by Gasteiger charge is 2.38. The Balaban J connectivity index is 2.76. The van der Waals surface area contributed by atoms with Crippen molar-refractivity contribution >= 4 is 27.8 Å². The molecule has 1 rings (SSSR count). The number of hydrogen-bond donors (Lipinski definition) is 2. The molecule has 0 bridgehead atoms. The van der Waals surface area contributed by atoms with Crippen molar-refractivity contribution < 1.29 is 32.3 Å². The standard InChI is InChI=1S/C8H5BrF3NO4/c9-5-1-3(6(14)15)4(17-5)2-13-7(16)8(10,11)12/h1H,2H2,(H,13,16)(H,14,15). The van der Waals surface area contributed by atoms with Crippen LogP contribution in [0, 0.1) is 0 Å². The van der Waals surface area contributed by atoms with E-state index in [0.717, 1.165) is 6.07 Å². The Morgan fingerprint density at radius 3 is 2.53 bits per heavy atom. The molecule has 0 aliphatic heterocycles. The average Bonchev–Trinajstić information content (AvgIpc) is 2.54. The molecular weight excluding hydrogens is 311 g/mol. The van der Waals surface area contributed by atoms with Gasteiger partial charge in [-0.3, -0.25) is 4.79 Å². The lowest BCUT2D eigenvalue weighted by Crippen LogP contribution is -2.36. The first-order chi connectivity index (χ1) is 7.71. The van der Waals surface area contributed by atoms with E-state index in [1.54, 1.807) is 0 Å². The molecule has 9 heteroatoms. The summed E-state index contributed by atoms with van der Waals surface area (Å²) in [5.41, 5.74) is -0.320. The number of carboxylic acid groups (broad SMARTS) is 1. The molecule has 1 amide bonds. The van der Waals surface area contributed by atoms with Crippen LogP contribution in [-0.2, 0) is 11.3 Å². The second-order valence-corrected chi connectivity index (χ2v) is 3.65. The van der Waals surface area contributed by atoms with Gasteiger partial charge in [0.25, 0.3) is 0 Å². The Kier molecular flexibility index (Phi) is 3.81. The van der Waals surface area contributed by atoms with E-state index >= 15 is 0 Å². The molecule has 2 N–H and O–H groups in total. The minimum atomic E-state index is -5.02. The van der Waals surface area contributed by atoms with Crippen LogP contribution >= 0.6 is 15.9 Å². The smallest absolute Gasteiger partial charge is 0.471 e. The van der Waals surface area contributed by atoms with Crippen LogP contribution in [0.1, 0.15) is 16.1 Å². The van der Waals surface area contributed by atoms with Crippen LogP contribution in [-0.4, -0.2) is 23.2 Å². The maximum absolute atomic E-state index is 11.8. The molecule has 1 aromatic rings. The van der Waals surface area contributed by atoms with Gasteiger partial charge < -0.3 is 14.8 Å². The number of furan rings is 1. The number of carboxylic acids is 1. The molecule has 0 fully saturated rings. The number of rotatable bonds is 3. The first kappa shape index (κ1) is 13.6. The van der Waals surface area contributed by atoms with Crippen molar-refractivity contribution in [3.8, 4) is 0 Å². The summed E-state index contributed by atoms with van der Waals surface area (Å²) >= 11 is 2.83. The summed E-state index contributed by atoms with van der Waals surface area (Å²) in [7, 11) is 0. The van der Waals surface area contributed by atoms with Gasteiger partial charge in [-0.15, -0.1) is 0 Å². The van der Waals surface area contributed by atoms with E-state index in [1.165, 1.54) is 5.32 Å². The maximum Gasteiger partial charge on any atom is 0.471 e. The fourth-order valence-electron chi connectivity index (χ4n) is 0.969. The Hall–Kier alpha value is -1.51. The predicted octanol–water partition coefficient (Wildman–Crippen LogP) is 1.92. The Morgan fingerprint density at radius 1 is 1.47 bits per heavy atom. The molecule has 5 nitrogen and oxygen atoms in total. The number of nitrogens with one attached hydrogen (secondary N) is 1. The van der Waals surface area contributed by atoms with Gasteiger partial charge in [-0.2, -0.15) is 13.2 Å². The van der Waals surface area contributed by atoms with Crippen molar-refractivity contribution in [2.45, 2.75) is 12.7 Å². The number of carbonyl (C=O) groups is 2. The van der Waals surface area contributed by atoms with E-state index in [0.29, 0.717) is 0 Å². The molecule has 0 unspecified atom stereocenters. The van der Waals surface area contributed by atoms with Crippen LogP contribution in [0.4, 0.5) is 13.2 Å². The van der Waals surface area contributed by atoms with Crippen LogP contribution in [0.2, 0.25) is 0 Å². The third kappa shape index (κ3) is 3.48. The van der Waals surface area contributed by atoms with Gasteiger partial charge in [0, 0.05) is 6.07 Å². The van der Waals surface area contributed by atoms with E-state index in [-0.39, 0.29) is 16.0 Å². The number of amides is 1. The second kappa shape index (κ2) is 4.78. The summed E-state index contributed by atoms with van der Waals surface area (Å²) in [6.45, 7) is -0.661. The molecule has 1 heterocycles. The summed E-state index contributed by atoms with van der Waals surface area (Å²) < 4.78 is 40.4. The van der Waals surface area contributed by atoms with Gasteiger partial charge in [-0.1, -0.05) is 0 Å². The van der Waals surface area contributed by atoms with Crippen molar-refractivity contribution in [1.82, 2.24) is 5.32 Å². The summed E-state index contributed by atoms with van der Waals surface area (Å²) in [5, 5.41) is 10.2. The summed E-state index contributed by atoms with van der Waals surface area (Å²) in [6, 6.07) is 1.08. The van der Waals surface area contributed by atoms with Crippen LogP contribution in [0.25, 0.3) is 0 Å². The molecule has 0 saturated carbocycles. The van der Waals surface area contributed by atoms with E-state index < -0.39 is 24.6 Å². The van der Waals surface area contributed by atoms with Gasteiger partial charge >= 0.3 is 18.1 Å². The highest BCUT2D eigenvalue weighted by Crippen LogP contribution is 2.21. The molecule has 0 radical (unpaired) electrons. The van der Waals surface area contributed by atoms with Crippen molar-refractivity contribution in [3.05, 3.63) is 22.1 Å². The minimum absolute atomic E-state index is 0.0474. The topological polar surface area (TPSA) is 79.5 Å². The van der Waals surface area contributed by atoms with Crippen molar-refractivity contribution in [1.29, 1.82) is 0 Å². The molecule has 94 valence electrons. The Bertz CT molecular complexity index is 454. The van der Waals surface area contributed by atoms with E-state index in [2.05, 4.69) is 15.9 Å². The number of hydrogen-bond acceptors (Lipinski definition) is 3. The van der Waals surface area contributed by atoms with Crippen molar-refractivity contribution in [2.75, 3.05) is 0 Å². The average molecular weight is 316 g/mol. The molecule has 0 spiro atoms. The van der Waals surface area contributed by atoms with E-state index in [9.17, 15) is 22.8 Å². The fraction of sp³-hybridized carbons (Fsp3) is 0.250. The summed E-state index contributed by atoms with van der Waals surface area (Å²) in [5.74, 6) is -3.81. The number of halogens is 4. The third-order valence-corrected chi connectivity index (χ3v) is 2.07. The highest BCUT2D eigenvalue weighted by molar-refractivity contribution is 9.10. The predicted molar refractivity (Wildman–Crippen MR) is 51.3 cm³/mol. The fourth-order valence-corrected chi connectivity index (χ4v) is 1.39. The molecule has 17 heavy (non-hydrogen) atoms. The highest BCUT2D eigenvalue weighted by atomic mass is 79.9. The zero-order valence-corrected chi connectivity index (χ0v) is 9.55. The van der Waals surface area contributed by atoms with E-state index in [1.807, 2.05) is 0 Å². The van der Waals surface area contributed by atoms with Crippen molar-refractivity contribution in [3.63, 3.8) is 0 Å². The van der Waals surface area contributed by atoms with Gasteiger partial charge in [-0.25, -0.2) is 4.79 Å². The third-order valence-electron chi connectivity index (χ3n) is 1.68. The lowest BCUT2D eigenvalue weighted by molar-refractivity contribution is -0.173. The van der Waals surface area contributed by atoms with Crippen LogP contribution in [0.5, 0.6) is 0 Å². The number of carbonyl (C=O) groups excluding carboxylic acids is 1. The van der Waals surface area contributed by atoms with Crippen molar-refractivity contribution in [2.24, 2.45) is 0 Å². The molecule has 0 aromatic carbocycles. The molecular formula is C8H5BrF3NO4. The van der Waals surface area contributed by atoms with Gasteiger partial charge in [0.1, 0.15) is 11.3 Å². The van der Waals surface area contributed by atoms with Crippen LogP contribution in [0.15, 0.2) is 15.2 Å². The van der Waals surface area contributed by atoms with Gasteiger partial charge in [0.05, 0.1) is 6.54 Å².